The minimum atomic E-state index is -0.357. The molecule has 0 fully saturated rings. The van der Waals surface area contributed by atoms with Gasteiger partial charge < -0.3 is 14.8 Å². The average molecular weight is 400 g/mol. The van der Waals surface area contributed by atoms with E-state index in [0.29, 0.717) is 32.1 Å². The van der Waals surface area contributed by atoms with Crippen LogP contribution in [0.5, 0.6) is 0 Å². The van der Waals surface area contributed by atoms with E-state index in [1.54, 1.807) is 0 Å². The zero-order valence-corrected chi connectivity index (χ0v) is 18.7. The zero-order chi connectivity index (χ0) is 20.9. The molecule has 0 bridgehead atoms. The molecule has 28 heavy (non-hydrogen) atoms. The van der Waals surface area contributed by atoms with Crippen molar-refractivity contribution in [3.8, 4) is 0 Å². The molecule has 0 aliphatic heterocycles. The molecule has 5 nitrogen and oxygen atoms in total. The molecule has 0 atom stereocenters. The smallest absolute Gasteiger partial charge is 0.407 e. The number of esters is 1. The van der Waals surface area contributed by atoms with Crippen LogP contribution in [0.4, 0.5) is 4.79 Å². The predicted octanol–water partition coefficient (Wildman–Crippen LogP) is 6.39. The van der Waals surface area contributed by atoms with E-state index in [0.717, 1.165) is 32.1 Å². The normalized spacial score (nSPS) is 10.9. The molecule has 0 spiro atoms. The number of hydrogen-bond acceptors (Lipinski definition) is 4. The SMILES string of the molecule is CCCCCCCCCCCCOC(=O)CCCCCNC(=O)OCC(C)C. The summed E-state index contributed by atoms with van der Waals surface area (Å²) in [5.41, 5.74) is 0. The first-order valence-electron chi connectivity index (χ1n) is 11.6. The second kappa shape index (κ2) is 20.5. The number of ether oxygens (including phenoxy) is 2. The maximum Gasteiger partial charge on any atom is 0.407 e. The Labute approximate surface area is 173 Å². The fourth-order valence-electron chi connectivity index (χ4n) is 2.90. The van der Waals surface area contributed by atoms with E-state index in [9.17, 15) is 9.59 Å². The molecule has 1 amide bonds. The highest BCUT2D eigenvalue weighted by atomic mass is 16.5. The van der Waals surface area contributed by atoms with Gasteiger partial charge in [-0.25, -0.2) is 4.79 Å². The van der Waals surface area contributed by atoms with Gasteiger partial charge in [0.2, 0.25) is 0 Å². The van der Waals surface area contributed by atoms with Crippen LogP contribution in [0, 0.1) is 5.92 Å². The highest BCUT2D eigenvalue weighted by Crippen LogP contribution is 2.10. The molecule has 0 aliphatic carbocycles. The summed E-state index contributed by atoms with van der Waals surface area (Å²) in [4.78, 5) is 23.0. The molecular formula is C23H45NO4. The number of carbonyl (C=O) groups is 2. The maximum absolute atomic E-state index is 11.7. The molecule has 0 radical (unpaired) electrons. The van der Waals surface area contributed by atoms with Crippen molar-refractivity contribution in [2.24, 2.45) is 5.92 Å². The molecule has 0 unspecified atom stereocenters. The second-order valence-corrected chi connectivity index (χ2v) is 8.13. The van der Waals surface area contributed by atoms with Gasteiger partial charge in [-0.05, 0) is 25.2 Å². The van der Waals surface area contributed by atoms with Crippen LogP contribution in [-0.2, 0) is 14.3 Å². The molecule has 5 heteroatoms. The van der Waals surface area contributed by atoms with Gasteiger partial charge in [-0.2, -0.15) is 0 Å². The minimum Gasteiger partial charge on any atom is -0.466 e. The van der Waals surface area contributed by atoms with Gasteiger partial charge in [-0.1, -0.05) is 85.0 Å². The summed E-state index contributed by atoms with van der Waals surface area (Å²) in [6.45, 7) is 7.84. The zero-order valence-electron chi connectivity index (χ0n) is 18.7. The molecule has 1 N–H and O–H groups in total. The van der Waals surface area contributed by atoms with Gasteiger partial charge in [0, 0.05) is 13.0 Å². The lowest BCUT2D eigenvalue weighted by Gasteiger charge is -2.08. The first kappa shape index (κ1) is 26.7. The fourth-order valence-corrected chi connectivity index (χ4v) is 2.90. The molecule has 0 aromatic carbocycles. The van der Waals surface area contributed by atoms with E-state index >= 15 is 0 Å². The summed E-state index contributed by atoms with van der Waals surface area (Å²) in [5, 5.41) is 2.72. The van der Waals surface area contributed by atoms with Crippen LogP contribution in [-0.4, -0.2) is 31.8 Å². The third-order valence-corrected chi connectivity index (χ3v) is 4.64. The number of carbonyl (C=O) groups excluding carboxylic acids is 2. The first-order chi connectivity index (χ1) is 13.6. The van der Waals surface area contributed by atoms with Crippen molar-refractivity contribution in [3.05, 3.63) is 0 Å². The lowest BCUT2D eigenvalue weighted by molar-refractivity contribution is -0.143. The number of amides is 1. The molecule has 0 saturated heterocycles. The number of nitrogens with one attached hydrogen (secondary N) is 1. The van der Waals surface area contributed by atoms with Gasteiger partial charge in [-0.15, -0.1) is 0 Å². The second-order valence-electron chi connectivity index (χ2n) is 8.13. The van der Waals surface area contributed by atoms with E-state index in [2.05, 4.69) is 12.2 Å². The lowest BCUT2D eigenvalue weighted by atomic mass is 10.1. The third kappa shape index (κ3) is 21.0. The number of hydrogen-bond donors (Lipinski definition) is 1. The van der Waals surface area contributed by atoms with Crippen LogP contribution in [0.3, 0.4) is 0 Å². The quantitative estimate of drug-likeness (QED) is 0.202. The fraction of sp³-hybridized carbons (Fsp3) is 0.913. The van der Waals surface area contributed by atoms with Gasteiger partial charge in [0.05, 0.1) is 13.2 Å². The summed E-state index contributed by atoms with van der Waals surface area (Å²) < 4.78 is 10.3. The lowest BCUT2D eigenvalue weighted by Crippen LogP contribution is -2.26. The molecule has 0 heterocycles. The van der Waals surface area contributed by atoms with Gasteiger partial charge >= 0.3 is 12.1 Å². The number of alkyl carbamates (subject to hydrolysis) is 1. The molecule has 0 aliphatic rings. The summed E-state index contributed by atoms with van der Waals surface area (Å²) in [5.74, 6) is 0.248. The van der Waals surface area contributed by atoms with Crippen molar-refractivity contribution in [2.45, 2.75) is 111 Å². The van der Waals surface area contributed by atoms with Crippen LogP contribution in [0.15, 0.2) is 0 Å². The van der Waals surface area contributed by atoms with Crippen molar-refractivity contribution in [1.82, 2.24) is 5.32 Å². The highest BCUT2D eigenvalue weighted by molar-refractivity contribution is 5.69. The van der Waals surface area contributed by atoms with E-state index in [1.807, 2.05) is 13.8 Å². The highest BCUT2D eigenvalue weighted by Gasteiger charge is 2.04. The van der Waals surface area contributed by atoms with Gasteiger partial charge in [0.1, 0.15) is 0 Å². The van der Waals surface area contributed by atoms with Crippen molar-refractivity contribution in [1.29, 1.82) is 0 Å². The predicted molar refractivity (Wildman–Crippen MR) is 115 cm³/mol. The Morgan fingerprint density at radius 3 is 1.93 bits per heavy atom. The van der Waals surface area contributed by atoms with E-state index in [1.165, 1.54) is 51.4 Å². The van der Waals surface area contributed by atoms with Gasteiger partial charge in [-0.3, -0.25) is 4.79 Å². The topological polar surface area (TPSA) is 64.6 Å². The summed E-state index contributed by atoms with van der Waals surface area (Å²) in [6.07, 6.45) is 15.5. The first-order valence-corrected chi connectivity index (χ1v) is 11.6. The molecular weight excluding hydrogens is 354 g/mol. The Balaban J connectivity index is 3.26. The van der Waals surface area contributed by atoms with Crippen molar-refractivity contribution < 1.29 is 19.1 Å². The third-order valence-electron chi connectivity index (χ3n) is 4.64. The van der Waals surface area contributed by atoms with Crippen LogP contribution < -0.4 is 5.32 Å². The Morgan fingerprint density at radius 1 is 0.750 bits per heavy atom. The summed E-state index contributed by atoms with van der Waals surface area (Å²) in [7, 11) is 0. The maximum atomic E-state index is 11.7. The summed E-state index contributed by atoms with van der Waals surface area (Å²) in [6, 6.07) is 0. The van der Waals surface area contributed by atoms with Crippen LogP contribution in [0.1, 0.15) is 111 Å². The van der Waals surface area contributed by atoms with Gasteiger partial charge in [0.25, 0.3) is 0 Å². The van der Waals surface area contributed by atoms with Gasteiger partial charge in [0.15, 0.2) is 0 Å². The van der Waals surface area contributed by atoms with Crippen LogP contribution in [0.2, 0.25) is 0 Å². The van der Waals surface area contributed by atoms with Crippen LogP contribution >= 0.6 is 0 Å². The monoisotopic (exact) mass is 399 g/mol. The summed E-state index contributed by atoms with van der Waals surface area (Å²) >= 11 is 0. The van der Waals surface area contributed by atoms with Crippen molar-refractivity contribution in [2.75, 3.05) is 19.8 Å². The number of unbranched alkanes of at least 4 members (excludes halogenated alkanes) is 11. The molecule has 0 aromatic rings. The van der Waals surface area contributed by atoms with E-state index in [-0.39, 0.29) is 12.1 Å². The van der Waals surface area contributed by atoms with Crippen molar-refractivity contribution in [3.63, 3.8) is 0 Å². The van der Waals surface area contributed by atoms with Crippen LogP contribution in [0.25, 0.3) is 0 Å². The number of rotatable bonds is 19. The molecule has 166 valence electrons. The standard InChI is InChI=1S/C23H45NO4/c1-4-5-6-7-8-9-10-11-12-16-19-27-22(25)17-14-13-15-18-24-23(26)28-20-21(2)3/h21H,4-20H2,1-3H3,(H,24,26). The Morgan fingerprint density at radius 2 is 1.32 bits per heavy atom. The largest absolute Gasteiger partial charge is 0.466 e. The van der Waals surface area contributed by atoms with Crippen molar-refractivity contribution >= 4 is 12.1 Å². The molecule has 0 saturated carbocycles. The Bertz CT molecular complexity index is 372. The van der Waals surface area contributed by atoms with E-state index in [4.69, 9.17) is 9.47 Å². The molecule has 0 rings (SSSR count). The average Bonchev–Trinajstić information content (AvgIpc) is 2.67. The minimum absolute atomic E-state index is 0.0970. The molecule has 0 aromatic heterocycles. The van der Waals surface area contributed by atoms with E-state index < -0.39 is 0 Å². The Hall–Kier alpha value is -1.26. The Kier molecular flexibility index (Phi) is 19.6.